The molecule has 1 aliphatic rings. The van der Waals surface area contributed by atoms with Crippen LogP contribution in [0.2, 0.25) is 10.0 Å². The van der Waals surface area contributed by atoms with Crippen LogP contribution in [0.15, 0.2) is 23.1 Å². The molecule has 18 heavy (non-hydrogen) atoms. The van der Waals surface area contributed by atoms with Crippen molar-refractivity contribution in [2.45, 2.75) is 6.92 Å². The summed E-state index contributed by atoms with van der Waals surface area (Å²) in [5.41, 5.74) is 0.742. The van der Waals surface area contributed by atoms with Crippen LogP contribution in [0.1, 0.15) is 12.5 Å². The summed E-state index contributed by atoms with van der Waals surface area (Å²) in [4.78, 5) is 25.0. The van der Waals surface area contributed by atoms with E-state index in [1.54, 1.807) is 31.2 Å². The van der Waals surface area contributed by atoms with Gasteiger partial charge in [0.1, 0.15) is 0 Å². The molecule has 2 amide bonds. The first-order chi connectivity index (χ1) is 8.52. The second-order valence-corrected chi connectivity index (χ2v) is 5.41. The van der Waals surface area contributed by atoms with Gasteiger partial charge < -0.3 is 0 Å². The van der Waals surface area contributed by atoms with Gasteiger partial charge in [0.15, 0.2) is 0 Å². The van der Waals surface area contributed by atoms with Gasteiger partial charge in [0.05, 0.1) is 15.0 Å². The number of benzene rings is 1. The summed E-state index contributed by atoms with van der Waals surface area (Å²) in [6.07, 6.45) is 1.64. The number of carbonyl (C=O) groups is 2. The zero-order valence-electron chi connectivity index (χ0n) is 9.44. The fourth-order valence-electron chi connectivity index (χ4n) is 1.53. The Morgan fingerprint density at radius 1 is 1.28 bits per heavy atom. The van der Waals surface area contributed by atoms with E-state index >= 15 is 0 Å². The predicted octanol–water partition coefficient (Wildman–Crippen LogP) is 4.05. The molecule has 94 valence electrons. The van der Waals surface area contributed by atoms with Gasteiger partial charge >= 0.3 is 0 Å². The molecule has 0 radical (unpaired) electrons. The van der Waals surface area contributed by atoms with E-state index in [0.29, 0.717) is 21.5 Å². The number of imide groups is 1. The minimum atomic E-state index is -0.265. The smallest absolute Gasteiger partial charge is 0.269 e. The monoisotopic (exact) mass is 301 g/mol. The number of hydrogen-bond donors (Lipinski definition) is 0. The number of amides is 2. The molecule has 1 saturated heterocycles. The molecule has 0 N–H and O–H groups in total. The standard InChI is InChI=1S/C12H9Cl2NO2S/c1-2-15-11(16)10(18-12(15)17)6-7-3-4-8(13)9(14)5-7/h3-6H,2H2,1H3. The summed E-state index contributed by atoms with van der Waals surface area (Å²) in [6.45, 7) is 2.14. The van der Waals surface area contributed by atoms with Gasteiger partial charge in [-0.25, -0.2) is 0 Å². The van der Waals surface area contributed by atoms with E-state index in [9.17, 15) is 9.59 Å². The molecular formula is C12H9Cl2NO2S. The van der Waals surface area contributed by atoms with Crippen LogP contribution >= 0.6 is 35.0 Å². The van der Waals surface area contributed by atoms with Crippen molar-refractivity contribution in [1.29, 1.82) is 0 Å². The molecule has 6 heteroatoms. The van der Waals surface area contributed by atoms with Crippen molar-refractivity contribution in [3.8, 4) is 0 Å². The summed E-state index contributed by atoms with van der Waals surface area (Å²) >= 11 is 12.6. The number of halogens is 2. The maximum Gasteiger partial charge on any atom is 0.293 e. The van der Waals surface area contributed by atoms with Crippen LogP contribution in [0.4, 0.5) is 4.79 Å². The minimum absolute atomic E-state index is 0.242. The van der Waals surface area contributed by atoms with Gasteiger partial charge in [-0.05, 0) is 42.5 Å². The lowest BCUT2D eigenvalue weighted by atomic mass is 10.2. The molecular weight excluding hydrogens is 293 g/mol. The molecule has 0 unspecified atom stereocenters. The Hall–Kier alpha value is -0.970. The largest absolute Gasteiger partial charge is 0.293 e. The quantitative estimate of drug-likeness (QED) is 0.773. The van der Waals surface area contributed by atoms with Crippen LogP contribution in [0.5, 0.6) is 0 Å². The average Bonchev–Trinajstić information content (AvgIpc) is 2.59. The Morgan fingerprint density at radius 3 is 2.56 bits per heavy atom. The molecule has 0 aromatic heterocycles. The van der Waals surface area contributed by atoms with E-state index in [4.69, 9.17) is 23.2 Å². The van der Waals surface area contributed by atoms with Crippen molar-refractivity contribution < 1.29 is 9.59 Å². The van der Waals surface area contributed by atoms with Crippen molar-refractivity contribution in [3.05, 3.63) is 38.7 Å². The van der Waals surface area contributed by atoms with Gasteiger partial charge in [-0.15, -0.1) is 0 Å². The van der Waals surface area contributed by atoms with Crippen LogP contribution in [0, 0.1) is 0 Å². The highest BCUT2D eigenvalue weighted by Crippen LogP contribution is 2.32. The molecule has 0 aliphatic carbocycles. The number of carbonyl (C=O) groups excluding carboxylic acids is 2. The van der Waals surface area contributed by atoms with Crippen molar-refractivity contribution in [1.82, 2.24) is 4.90 Å². The van der Waals surface area contributed by atoms with E-state index < -0.39 is 0 Å². The predicted molar refractivity (Wildman–Crippen MR) is 74.8 cm³/mol. The van der Waals surface area contributed by atoms with Crippen LogP contribution in [0.25, 0.3) is 6.08 Å². The summed E-state index contributed by atoms with van der Waals surface area (Å²) in [5.74, 6) is -0.265. The van der Waals surface area contributed by atoms with Gasteiger partial charge in [-0.2, -0.15) is 0 Å². The van der Waals surface area contributed by atoms with Gasteiger partial charge in [-0.3, -0.25) is 14.5 Å². The number of thioether (sulfide) groups is 1. The first kappa shape index (κ1) is 13.5. The number of likely N-dealkylation sites (N-methyl/N-ethyl adjacent to an activating group) is 1. The van der Waals surface area contributed by atoms with E-state index in [2.05, 4.69) is 0 Å². The van der Waals surface area contributed by atoms with Gasteiger partial charge in [0, 0.05) is 6.54 Å². The summed E-state index contributed by atoms with van der Waals surface area (Å²) in [5, 5.41) is 0.629. The van der Waals surface area contributed by atoms with Crippen LogP contribution in [0.3, 0.4) is 0 Å². The third-order valence-electron chi connectivity index (χ3n) is 2.43. The molecule has 1 fully saturated rings. The van der Waals surface area contributed by atoms with E-state index in [0.717, 1.165) is 17.3 Å². The van der Waals surface area contributed by atoms with Crippen molar-refractivity contribution in [2.24, 2.45) is 0 Å². The van der Waals surface area contributed by atoms with Gasteiger partial charge in [0.25, 0.3) is 11.1 Å². The Labute approximate surface area is 119 Å². The third-order valence-corrected chi connectivity index (χ3v) is 4.08. The van der Waals surface area contributed by atoms with Crippen molar-refractivity contribution in [2.75, 3.05) is 6.54 Å². The average molecular weight is 302 g/mol. The maximum absolute atomic E-state index is 11.9. The molecule has 2 rings (SSSR count). The molecule has 0 spiro atoms. The highest BCUT2D eigenvalue weighted by atomic mass is 35.5. The second-order valence-electron chi connectivity index (χ2n) is 3.60. The molecule has 3 nitrogen and oxygen atoms in total. The number of nitrogens with zero attached hydrogens (tertiary/aromatic N) is 1. The number of hydrogen-bond acceptors (Lipinski definition) is 3. The SMILES string of the molecule is CCN1C(=O)SC(=Cc2ccc(Cl)c(Cl)c2)C1=O. The van der Waals surface area contributed by atoms with Crippen molar-refractivity contribution >= 4 is 52.2 Å². The van der Waals surface area contributed by atoms with E-state index in [1.807, 2.05) is 0 Å². The Bertz CT molecular complexity index is 557. The fourth-order valence-corrected chi connectivity index (χ4v) is 2.74. The first-order valence-electron chi connectivity index (χ1n) is 5.23. The third kappa shape index (κ3) is 2.55. The van der Waals surface area contributed by atoms with E-state index in [-0.39, 0.29) is 11.1 Å². The topological polar surface area (TPSA) is 37.4 Å². The zero-order valence-corrected chi connectivity index (χ0v) is 11.8. The molecule has 1 heterocycles. The van der Waals surface area contributed by atoms with Gasteiger partial charge in [0.2, 0.25) is 0 Å². The van der Waals surface area contributed by atoms with Crippen molar-refractivity contribution in [3.63, 3.8) is 0 Å². The Balaban J connectivity index is 2.32. The second kappa shape index (κ2) is 5.34. The zero-order chi connectivity index (χ0) is 13.3. The Kier molecular flexibility index (Phi) is 4.00. The lowest BCUT2D eigenvalue weighted by Crippen LogP contribution is -2.27. The molecule has 0 atom stereocenters. The molecule has 1 aromatic rings. The molecule has 0 bridgehead atoms. The van der Waals surface area contributed by atoms with E-state index in [1.165, 1.54) is 4.90 Å². The lowest BCUT2D eigenvalue weighted by molar-refractivity contribution is -0.122. The lowest BCUT2D eigenvalue weighted by Gasteiger charge is -2.07. The fraction of sp³-hybridized carbons (Fsp3) is 0.167. The molecule has 0 saturated carbocycles. The van der Waals surface area contributed by atoms with Crippen LogP contribution < -0.4 is 0 Å². The summed E-state index contributed by atoms with van der Waals surface area (Å²) < 4.78 is 0. The first-order valence-corrected chi connectivity index (χ1v) is 6.80. The molecule has 1 aromatic carbocycles. The minimum Gasteiger partial charge on any atom is -0.269 e. The van der Waals surface area contributed by atoms with Crippen LogP contribution in [-0.4, -0.2) is 22.6 Å². The summed E-state index contributed by atoms with van der Waals surface area (Å²) in [7, 11) is 0. The highest BCUT2D eigenvalue weighted by molar-refractivity contribution is 8.18. The highest BCUT2D eigenvalue weighted by Gasteiger charge is 2.33. The molecule has 1 aliphatic heterocycles. The normalized spacial score (nSPS) is 17.9. The Morgan fingerprint density at radius 2 is 2.00 bits per heavy atom. The number of rotatable bonds is 2. The maximum atomic E-state index is 11.9. The van der Waals surface area contributed by atoms with Crippen LogP contribution in [-0.2, 0) is 4.79 Å². The summed E-state index contributed by atoms with van der Waals surface area (Å²) in [6, 6.07) is 5.05. The van der Waals surface area contributed by atoms with Gasteiger partial charge in [-0.1, -0.05) is 29.3 Å².